The quantitative estimate of drug-likeness (QED) is 0.790. The number of piperidine rings is 1. The van der Waals surface area contributed by atoms with Gasteiger partial charge in [0.1, 0.15) is 0 Å². The van der Waals surface area contributed by atoms with Crippen LogP contribution in [0, 0.1) is 5.92 Å². The van der Waals surface area contributed by atoms with E-state index in [1.54, 1.807) is 0 Å². The molecule has 3 N–H and O–H groups in total. The maximum absolute atomic E-state index is 12.1. The summed E-state index contributed by atoms with van der Waals surface area (Å²) in [7, 11) is 0. The minimum Gasteiger partial charge on any atom is -0.387 e. The molecule has 5 nitrogen and oxygen atoms in total. The second-order valence-electron chi connectivity index (χ2n) is 7.17. The van der Waals surface area contributed by atoms with E-state index in [0.29, 0.717) is 19.4 Å². The highest BCUT2D eigenvalue weighted by Crippen LogP contribution is 2.23. The van der Waals surface area contributed by atoms with Crippen molar-refractivity contribution in [3.05, 3.63) is 35.4 Å². The number of carbonyl (C=O) groups is 2. The molecule has 126 valence electrons. The molecule has 2 unspecified atom stereocenters. The topological polar surface area (TPSA) is 78.4 Å². The van der Waals surface area contributed by atoms with Crippen LogP contribution in [-0.4, -0.2) is 30.0 Å². The minimum absolute atomic E-state index is 0.00646. The van der Waals surface area contributed by atoms with Crippen molar-refractivity contribution in [1.82, 2.24) is 10.6 Å². The lowest BCUT2D eigenvalue weighted by molar-refractivity contribution is -0.129. The van der Waals surface area contributed by atoms with Gasteiger partial charge in [-0.3, -0.25) is 9.59 Å². The summed E-state index contributed by atoms with van der Waals surface area (Å²) >= 11 is 0. The van der Waals surface area contributed by atoms with E-state index >= 15 is 0 Å². The Morgan fingerprint density at radius 1 is 1.35 bits per heavy atom. The molecule has 0 bridgehead atoms. The largest absolute Gasteiger partial charge is 0.387 e. The summed E-state index contributed by atoms with van der Waals surface area (Å²) in [5, 5.41) is 15.7. The fourth-order valence-electron chi connectivity index (χ4n) is 2.62. The van der Waals surface area contributed by atoms with Gasteiger partial charge < -0.3 is 15.7 Å². The lowest BCUT2D eigenvalue weighted by atomic mass is 9.86. The molecule has 1 heterocycles. The highest BCUT2D eigenvalue weighted by molar-refractivity contribution is 5.83. The number of hydrogen-bond acceptors (Lipinski definition) is 3. The van der Waals surface area contributed by atoms with E-state index in [0.717, 1.165) is 5.56 Å². The maximum atomic E-state index is 12.1. The third-order valence-corrected chi connectivity index (χ3v) is 4.27. The van der Waals surface area contributed by atoms with Crippen molar-refractivity contribution in [3.8, 4) is 0 Å². The van der Waals surface area contributed by atoms with Gasteiger partial charge in [0.15, 0.2) is 0 Å². The van der Waals surface area contributed by atoms with E-state index in [9.17, 15) is 14.7 Å². The molecule has 0 spiro atoms. The normalized spacial score (nSPS) is 19.8. The Morgan fingerprint density at radius 3 is 2.52 bits per heavy atom. The fourth-order valence-corrected chi connectivity index (χ4v) is 2.62. The van der Waals surface area contributed by atoms with Crippen molar-refractivity contribution < 1.29 is 14.7 Å². The van der Waals surface area contributed by atoms with Gasteiger partial charge in [0.25, 0.3) is 0 Å². The zero-order valence-electron chi connectivity index (χ0n) is 14.1. The average Bonchev–Trinajstić information content (AvgIpc) is 2.52. The van der Waals surface area contributed by atoms with Crippen LogP contribution in [0.1, 0.15) is 50.8 Å². The number of nitrogens with one attached hydrogen (secondary N) is 2. The number of aliphatic hydroxyl groups excluding tert-OH is 1. The molecule has 1 aromatic carbocycles. The summed E-state index contributed by atoms with van der Waals surface area (Å²) in [6.45, 7) is 6.98. The van der Waals surface area contributed by atoms with Crippen molar-refractivity contribution in [2.75, 3.05) is 13.1 Å². The Bertz CT molecular complexity index is 551. The highest BCUT2D eigenvalue weighted by atomic mass is 16.3. The predicted octanol–water partition coefficient (Wildman–Crippen LogP) is 1.66. The lowest BCUT2D eigenvalue weighted by Gasteiger charge is -2.23. The van der Waals surface area contributed by atoms with Crippen LogP contribution in [0.5, 0.6) is 0 Å². The molecule has 5 heteroatoms. The molecule has 1 aliphatic rings. The van der Waals surface area contributed by atoms with Crippen molar-refractivity contribution in [3.63, 3.8) is 0 Å². The zero-order valence-corrected chi connectivity index (χ0v) is 14.1. The van der Waals surface area contributed by atoms with Crippen LogP contribution in [-0.2, 0) is 15.0 Å². The van der Waals surface area contributed by atoms with Crippen LogP contribution in [0.2, 0.25) is 0 Å². The van der Waals surface area contributed by atoms with Crippen LogP contribution >= 0.6 is 0 Å². The van der Waals surface area contributed by atoms with E-state index < -0.39 is 6.10 Å². The van der Waals surface area contributed by atoms with Gasteiger partial charge in [0, 0.05) is 19.5 Å². The summed E-state index contributed by atoms with van der Waals surface area (Å²) < 4.78 is 0. The number of hydrogen-bond donors (Lipinski definition) is 3. The number of carbonyl (C=O) groups excluding carboxylic acids is 2. The summed E-state index contributed by atoms with van der Waals surface area (Å²) in [6, 6.07) is 7.82. The first kappa shape index (κ1) is 17.5. The van der Waals surface area contributed by atoms with Gasteiger partial charge in [-0.1, -0.05) is 45.0 Å². The van der Waals surface area contributed by atoms with Crippen LogP contribution in [0.25, 0.3) is 0 Å². The van der Waals surface area contributed by atoms with Crippen LogP contribution in [0.15, 0.2) is 24.3 Å². The van der Waals surface area contributed by atoms with Gasteiger partial charge in [-0.25, -0.2) is 0 Å². The Balaban J connectivity index is 1.85. The molecule has 1 saturated heterocycles. The van der Waals surface area contributed by atoms with Crippen molar-refractivity contribution >= 4 is 11.8 Å². The smallest absolute Gasteiger partial charge is 0.225 e. The van der Waals surface area contributed by atoms with Crippen molar-refractivity contribution in [1.29, 1.82) is 0 Å². The molecular weight excluding hydrogens is 292 g/mol. The molecule has 2 atom stereocenters. The Kier molecular flexibility index (Phi) is 5.42. The summed E-state index contributed by atoms with van der Waals surface area (Å²) in [5.74, 6) is -0.327. The first-order valence-corrected chi connectivity index (χ1v) is 8.10. The zero-order chi connectivity index (χ0) is 17.0. The third kappa shape index (κ3) is 4.79. The standard InChI is InChI=1S/C18H26N2O3/c1-18(2,3)14-7-4-12(5-8-14)15(21)11-20-17(23)13-6-9-16(22)19-10-13/h4-5,7-8,13,15,21H,6,9-11H2,1-3H3,(H,19,22)(H,20,23). The second-order valence-corrected chi connectivity index (χ2v) is 7.17. The fraction of sp³-hybridized carbons (Fsp3) is 0.556. The molecule has 2 amide bonds. The number of aliphatic hydroxyl groups is 1. The molecule has 1 fully saturated rings. The molecule has 23 heavy (non-hydrogen) atoms. The Morgan fingerprint density at radius 2 is 2.00 bits per heavy atom. The van der Waals surface area contributed by atoms with E-state index in [2.05, 4.69) is 31.4 Å². The van der Waals surface area contributed by atoms with Gasteiger partial charge in [-0.2, -0.15) is 0 Å². The van der Waals surface area contributed by atoms with Crippen molar-refractivity contribution in [2.45, 2.75) is 45.1 Å². The second kappa shape index (κ2) is 7.13. The average molecular weight is 318 g/mol. The van der Waals surface area contributed by atoms with Crippen LogP contribution in [0.3, 0.4) is 0 Å². The molecule has 0 aliphatic carbocycles. The van der Waals surface area contributed by atoms with E-state index in [1.165, 1.54) is 5.56 Å². The van der Waals surface area contributed by atoms with Gasteiger partial charge in [0.2, 0.25) is 11.8 Å². The first-order valence-electron chi connectivity index (χ1n) is 8.10. The minimum atomic E-state index is -0.730. The van der Waals surface area contributed by atoms with Crippen LogP contribution < -0.4 is 10.6 Å². The molecule has 0 saturated carbocycles. The van der Waals surface area contributed by atoms with Gasteiger partial charge in [-0.05, 0) is 23.0 Å². The van der Waals surface area contributed by atoms with E-state index in [4.69, 9.17) is 0 Å². The number of rotatable bonds is 4. The van der Waals surface area contributed by atoms with E-state index in [1.807, 2.05) is 24.3 Å². The summed E-state index contributed by atoms with van der Waals surface area (Å²) in [5.41, 5.74) is 2.06. The third-order valence-electron chi connectivity index (χ3n) is 4.27. The van der Waals surface area contributed by atoms with Gasteiger partial charge >= 0.3 is 0 Å². The lowest BCUT2D eigenvalue weighted by Crippen LogP contribution is -2.43. The Labute approximate surface area is 137 Å². The summed E-state index contributed by atoms with van der Waals surface area (Å²) in [4.78, 5) is 23.2. The number of benzene rings is 1. The SMILES string of the molecule is CC(C)(C)c1ccc(C(O)CNC(=O)C2CCC(=O)NC2)cc1. The number of amides is 2. The Hall–Kier alpha value is -1.88. The molecule has 1 aromatic rings. The van der Waals surface area contributed by atoms with Crippen LogP contribution in [0.4, 0.5) is 0 Å². The maximum Gasteiger partial charge on any atom is 0.225 e. The first-order chi connectivity index (χ1) is 10.8. The van der Waals surface area contributed by atoms with Gasteiger partial charge in [0.05, 0.1) is 12.0 Å². The molecule has 1 aliphatic heterocycles. The predicted molar refractivity (Wildman–Crippen MR) is 88.8 cm³/mol. The highest BCUT2D eigenvalue weighted by Gasteiger charge is 2.24. The summed E-state index contributed by atoms with van der Waals surface area (Å²) in [6.07, 6.45) is 0.217. The molecule has 0 aromatic heterocycles. The van der Waals surface area contributed by atoms with Crippen molar-refractivity contribution in [2.24, 2.45) is 5.92 Å². The van der Waals surface area contributed by atoms with E-state index in [-0.39, 0.29) is 29.7 Å². The molecular formula is C18H26N2O3. The van der Waals surface area contributed by atoms with Gasteiger partial charge in [-0.15, -0.1) is 0 Å². The monoisotopic (exact) mass is 318 g/mol. The molecule has 0 radical (unpaired) electrons. The molecule has 2 rings (SSSR count).